The molecule has 1 aromatic rings. The largest absolute Gasteiger partial charge is 0.463 e. The maximum absolute atomic E-state index is 11.1. The number of rotatable bonds is 6. The van der Waals surface area contributed by atoms with Crippen LogP contribution in [0.4, 0.5) is 0 Å². The Morgan fingerprint density at radius 3 is 3.00 bits per heavy atom. The minimum absolute atomic E-state index is 0.283. The number of aromatic nitrogens is 1. The molecule has 0 bridgehead atoms. The summed E-state index contributed by atoms with van der Waals surface area (Å²) >= 11 is 1.66. The van der Waals surface area contributed by atoms with Gasteiger partial charge in [-0.2, -0.15) is 0 Å². The van der Waals surface area contributed by atoms with Crippen molar-refractivity contribution in [3.05, 3.63) is 28.2 Å². The van der Waals surface area contributed by atoms with E-state index in [-0.39, 0.29) is 5.97 Å². The predicted octanol–water partition coefficient (Wildman–Crippen LogP) is 2.00. The molecule has 0 aliphatic heterocycles. The van der Waals surface area contributed by atoms with Crippen molar-refractivity contribution in [2.45, 2.75) is 20.4 Å². The lowest BCUT2D eigenvalue weighted by Crippen LogP contribution is -2.17. The van der Waals surface area contributed by atoms with E-state index in [1.54, 1.807) is 18.3 Å². The number of likely N-dealkylation sites (N-methyl/N-ethyl adjacent to an activating group) is 1. The van der Waals surface area contributed by atoms with E-state index in [1.165, 1.54) is 11.0 Å². The van der Waals surface area contributed by atoms with Gasteiger partial charge in [0.2, 0.25) is 0 Å². The monoisotopic (exact) mass is 254 g/mol. The third kappa shape index (κ3) is 5.10. The second-order valence-electron chi connectivity index (χ2n) is 3.71. The second-order valence-corrected chi connectivity index (χ2v) is 4.65. The fraction of sp³-hybridized carbons (Fsp3) is 0.500. The second kappa shape index (κ2) is 7.19. The minimum Gasteiger partial charge on any atom is -0.463 e. The molecule has 1 rings (SSSR count). The Labute approximate surface area is 106 Å². The molecular weight excluding hydrogens is 236 g/mol. The summed E-state index contributed by atoms with van der Waals surface area (Å²) in [5, 5.41) is 0. The number of esters is 1. The van der Waals surface area contributed by atoms with Gasteiger partial charge in [0.25, 0.3) is 0 Å². The van der Waals surface area contributed by atoms with Crippen molar-refractivity contribution in [2.75, 3.05) is 20.2 Å². The van der Waals surface area contributed by atoms with E-state index in [9.17, 15) is 4.79 Å². The van der Waals surface area contributed by atoms with Gasteiger partial charge in [-0.15, -0.1) is 11.3 Å². The normalized spacial score (nSPS) is 11.3. The smallest absolute Gasteiger partial charge is 0.330 e. The maximum Gasteiger partial charge on any atom is 0.330 e. The van der Waals surface area contributed by atoms with Gasteiger partial charge in [0.15, 0.2) is 0 Å². The lowest BCUT2D eigenvalue weighted by atomic mass is 10.3. The van der Waals surface area contributed by atoms with E-state index in [0.29, 0.717) is 6.61 Å². The van der Waals surface area contributed by atoms with Gasteiger partial charge in [0.05, 0.1) is 17.8 Å². The standard InChI is InChI=1S/C12H18N2O2S/c1-4-16-12(15)6-5-7-14(3)8-11-10(2)13-9-17-11/h5-6,9H,4,7-8H2,1-3H3/b6-5+. The molecule has 0 aliphatic rings. The average molecular weight is 254 g/mol. The molecule has 0 atom stereocenters. The summed E-state index contributed by atoms with van der Waals surface area (Å²) in [7, 11) is 2.01. The number of aryl methyl sites for hydroxylation is 1. The van der Waals surface area contributed by atoms with Crippen LogP contribution in [0.15, 0.2) is 17.7 Å². The molecule has 0 radical (unpaired) electrons. The molecule has 0 aliphatic carbocycles. The molecule has 1 aromatic heterocycles. The van der Waals surface area contributed by atoms with E-state index >= 15 is 0 Å². The Bertz CT molecular complexity index is 388. The third-order valence-corrected chi connectivity index (χ3v) is 3.14. The molecule has 0 amide bonds. The number of nitrogens with zero attached hydrogens (tertiary/aromatic N) is 2. The summed E-state index contributed by atoms with van der Waals surface area (Å²) in [6, 6.07) is 0. The van der Waals surface area contributed by atoms with Gasteiger partial charge in [0.1, 0.15) is 0 Å². The Morgan fingerprint density at radius 2 is 2.41 bits per heavy atom. The molecule has 0 saturated heterocycles. The van der Waals surface area contributed by atoms with Crippen LogP contribution in [-0.4, -0.2) is 36.1 Å². The molecule has 94 valence electrons. The zero-order valence-electron chi connectivity index (χ0n) is 10.5. The number of hydrogen-bond acceptors (Lipinski definition) is 5. The number of carbonyl (C=O) groups is 1. The van der Waals surface area contributed by atoms with Crippen LogP contribution in [0.3, 0.4) is 0 Å². The molecule has 0 aromatic carbocycles. The third-order valence-electron chi connectivity index (χ3n) is 2.22. The molecule has 0 unspecified atom stereocenters. The molecule has 17 heavy (non-hydrogen) atoms. The summed E-state index contributed by atoms with van der Waals surface area (Å²) in [6.07, 6.45) is 3.29. The highest BCUT2D eigenvalue weighted by atomic mass is 32.1. The fourth-order valence-corrected chi connectivity index (χ4v) is 2.16. The van der Waals surface area contributed by atoms with Crippen LogP contribution in [0.5, 0.6) is 0 Å². The first-order chi connectivity index (χ1) is 8.13. The van der Waals surface area contributed by atoms with Crippen molar-refractivity contribution in [1.29, 1.82) is 0 Å². The Hall–Kier alpha value is -1.20. The molecule has 0 fully saturated rings. The Kier molecular flexibility index (Phi) is 5.86. The number of ether oxygens (including phenoxy) is 1. The van der Waals surface area contributed by atoms with Crippen LogP contribution >= 0.6 is 11.3 Å². The van der Waals surface area contributed by atoms with Crippen LogP contribution in [0.2, 0.25) is 0 Å². The van der Waals surface area contributed by atoms with Gasteiger partial charge in [-0.1, -0.05) is 6.08 Å². The highest BCUT2D eigenvalue weighted by molar-refractivity contribution is 7.09. The van der Waals surface area contributed by atoms with Gasteiger partial charge in [-0.05, 0) is 20.9 Å². The summed E-state index contributed by atoms with van der Waals surface area (Å²) in [5.41, 5.74) is 2.93. The van der Waals surface area contributed by atoms with Crippen LogP contribution < -0.4 is 0 Å². The van der Waals surface area contributed by atoms with Crippen LogP contribution in [0.1, 0.15) is 17.5 Å². The Morgan fingerprint density at radius 1 is 1.65 bits per heavy atom. The zero-order valence-corrected chi connectivity index (χ0v) is 11.3. The first-order valence-corrected chi connectivity index (χ1v) is 6.42. The number of carbonyl (C=O) groups excluding carboxylic acids is 1. The van der Waals surface area contributed by atoms with Crippen LogP contribution in [0, 0.1) is 6.92 Å². The first-order valence-electron chi connectivity index (χ1n) is 5.54. The lowest BCUT2D eigenvalue weighted by molar-refractivity contribution is -0.137. The average Bonchev–Trinajstić information content (AvgIpc) is 2.65. The molecule has 0 N–H and O–H groups in total. The van der Waals surface area contributed by atoms with E-state index in [0.717, 1.165) is 18.8 Å². The van der Waals surface area contributed by atoms with E-state index in [1.807, 2.05) is 25.6 Å². The lowest BCUT2D eigenvalue weighted by Gasteiger charge is -2.12. The van der Waals surface area contributed by atoms with Crippen LogP contribution in [-0.2, 0) is 16.1 Å². The highest BCUT2D eigenvalue weighted by Crippen LogP contribution is 2.13. The Balaban J connectivity index is 2.33. The van der Waals surface area contributed by atoms with Crippen molar-refractivity contribution >= 4 is 17.3 Å². The zero-order chi connectivity index (χ0) is 12.7. The van der Waals surface area contributed by atoms with Crippen molar-refractivity contribution in [2.24, 2.45) is 0 Å². The predicted molar refractivity (Wildman–Crippen MR) is 69.0 cm³/mol. The van der Waals surface area contributed by atoms with E-state index in [2.05, 4.69) is 9.88 Å². The van der Waals surface area contributed by atoms with E-state index in [4.69, 9.17) is 4.74 Å². The van der Waals surface area contributed by atoms with E-state index < -0.39 is 0 Å². The maximum atomic E-state index is 11.1. The quantitative estimate of drug-likeness (QED) is 0.575. The molecule has 1 heterocycles. The molecule has 0 saturated carbocycles. The van der Waals surface area contributed by atoms with Crippen LogP contribution in [0.25, 0.3) is 0 Å². The fourth-order valence-electron chi connectivity index (χ4n) is 1.31. The van der Waals surface area contributed by atoms with Crippen molar-refractivity contribution in [3.63, 3.8) is 0 Å². The minimum atomic E-state index is -0.283. The van der Waals surface area contributed by atoms with Gasteiger partial charge in [-0.3, -0.25) is 4.90 Å². The highest BCUT2D eigenvalue weighted by Gasteiger charge is 2.04. The summed E-state index contributed by atoms with van der Waals surface area (Å²) < 4.78 is 4.80. The molecular formula is C12H18N2O2S. The molecule has 4 nitrogen and oxygen atoms in total. The van der Waals surface area contributed by atoms with Crippen molar-refractivity contribution in [3.8, 4) is 0 Å². The van der Waals surface area contributed by atoms with Crippen molar-refractivity contribution in [1.82, 2.24) is 9.88 Å². The topological polar surface area (TPSA) is 42.4 Å². The van der Waals surface area contributed by atoms with Gasteiger partial charge >= 0.3 is 5.97 Å². The van der Waals surface area contributed by atoms with Gasteiger partial charge < -0.3 is 4.74 Å². The first kappa shape index (κ1) is 13.9. The number of hydrogen-bond donors (Lipinski definition) is 0. The van der Waals surface area contributed by atoms with Gasteiger partial charge in [0, 0.05) is 24.0 Å². The van der Waals surface area contributed by atoms with Crippen molar-refractivity contribution < 1.29 is 9.53 Å². The SMILES string of the molecule is CCOC(=O)/C=C/CN(C)Cc1scnc1C. The summed E-state index contributed by atoms with van der Waals surface area (Å²) in [6.45, 7) is 5.79. The summed E-state index contributed by atoms with van der Waals surface area (Å²) in [5.74, 6) is -0.283. The molecule has 5 heteroatoms. The molecule has 0 spiro atoms. The van der Waals surface area contributed by atoms with Gasteiger partial charge in [-0.25, -0.2) is 9.78 Å². The number of thiazole rings is 1. The summed E-state index contributed by atoms with van der Waals surface area (Å²) in [4.78, 5) is 18.6.